The van der Waals surface area contributed by atoms with Crippen molar-refractivity contribution in [3.8, 4) is 0 Å². The Labute approximate surface area is 98.8 Å². The van der Waals surface area contributed by atoms with E-state index in [1.54, 1.807) is 17.0 Å². The van der Waals surface area contributed by atoms with Gasteiger partial charge in [0.05, 0.1) is 0 Å². The summed E-state index contributed by atoms with van der Waals surface area (Å²) in [6.07, 6.45) is 0.847. The predicted octanol–water partition coefficient (Wildman–Crippen LogP) is 1.53. The Balaban J connectivity index is 0.00000112. The molecule has 1 atom stereocenters. The van der Waals surface area contributed by atoms with Gasteiger partial charge in [-0.2, -0.15) is 0 Å². The highest BCUT2D eigenvalue weighted by Gasteiger charge is 2.26. The average Bonchev–Trinajstić information content (AvgIpc) is 2.73. The van der Waals surface area contributed by atoms with Gasteiger partial charge in [-0.1, -0.05) is 0 Å². The number of hydrogen-bond donors (Lipinski definition) is 1. The largest absolute Gasteiger partial charge is 0.440 e. The van der Waals surface area contributed by atoms with E-state index in [1.165, 1.54) is 0 Å². The fraction of sp³-hybridized carbons (Fsp3) is 0.444. The van der Waals surface area contributed by atoms with E-state index in [1.807, 2.05) is 0 Å². The normalized spacial score (nSPS) is 20.1. The number of nitrogens with two attached hydrogens (primary N) is 1. The van der Waals surface area contributed by atoms with Crippen LogP contribution < -0.4 is 5.73 Å². The number of halogens is 2. The van der Waals surface area contributed by atoms with Crippen molar-refractivity contribution in [1.82, 2.24) is 4.90 Å². The van der Waals surface area contributed by atoms with Crippen LogP contribution in [0.15, 0.2) is 16.5 Å². The van der Waals surface area contributed by atoms with Gasteiger partial charge in [-0.05, 0) is 30.2 Å². The molecule has 1 saturated heterocycles. The van der Waals surface area contributed by atoms with E-state index in [9.17, 15) is 4.79 Å². The molecule has 1 aromatic heterocycles. The van der Waals surface area contributed by atoms with Gasteiger partial charge < -0.3 is 15.1 Å². The summed E-state index contributed by atoms with van der Waals surface area (Å²) < 4.78 is 5.03. The smallest absolute Gasteiger partial charge is 0.289 e. The molecule has 2 heterocycles. The zero-order valence-corrected chi connectivity index (χ0v) is 9.55. The first kappa shape index (κ1) is 12.4. The van der Waals surface area contributed by atoms with Crippen LogP contribution in [0, 0.1) is 0 Å². The first-order valence-electron chi connectivity index (χ1n) is 4.47. The number of rotatable bonds is 1. The molecule has 0 spiro atoms. The van der Waals surface area contributed by atoms with Crippen LogP contribution >= 0.6 is 24.0 Å². The summed E-state index contributed by atoms with van der Waals surface area (Å²) in [5.41, 5.74) is 5.70. The Morgan fingerprint density at radius 1 is 1.60 bits per heavy atom. The number of likely N-dealkylation sites (tertiary alicyclic amines) is 1. The van der Waals surface area contributed by atoms with Crippen LogP contribution in [0.5, 0.6) is 0 Å². The molecule has 1 unspecified atom stereocenters. The molecule has 1 aliphatic heterocycles. The van der Waals surface area contributed by atoms with Gasteiger partial charge in [-0.15, -0.1) is 12.4 Å². The SMILES string of the molecule is Cl.NC1CCN(C(=O)c2ccc(Cl)o2)C1. The van der Waals surface area contributed by atoms with Crippen LogP contribution in [0.4, 0.5) is 0 Å². The minimum atomic E-state index is -0.134. The molecule has 1 aliphatic rings. The summed E-state index contributed by atoms with van der Waals surface area (Å²) in [6.45, 7) is 1.29. The fourth-order valence-corrected chi connectivity index (χ4v) is 1.70. The maximum atomic E-state index is 11.7. The van der Waals surface area contributed by atoms with E-state index in [-0.39, 0.29) is 35.3 Å². The van der Waals surface area contributed by atoms with Gasteiger partial charge in [-0.3, -0.25) is 4.79 Å². The van der Waals surface area contributed by atoms with Gasteiger partial charge in [0.2, 0.25) is 0 Å². The van der Waals surface area contributed by atoms with E-state index < -0.39 is 0 Å². The van der Waals surface area contributed by atoms with Crippen molar-refractivity contribution in [3.63, 3.8) is 0 Å². The van der Waals surface area contributed by atoms with Gasteiger partial charge in [0.1, 0.15) is 0 Å². The molecule has 2 N–H and O–H groups in total. The molecule has 1 amide bonds. The minimum Gasteiger partial charge on any atom is -0.440 e. The lowest BCUT2D eigenvalue weighted by Crippen LogP contribution is -2.31. The molecular formula is C9H12Cl2N2O2. The van der Waals surface area contributed by atoms with E-state index in [4.69, 9.17) is 21.8 Å². The number of carbonyl (C=O) groups excluding carboxylic acids is 1. The van der Waals surface area contributed by atoms with Crippen molar-refractivity contribution in [2.45, 2.75) is 12.5 Å². The molecule has 0 bridgehead atoms. The van der Waals surface area contributed by atoms with Gasteiger partial charge in [0.15, 0.2) is 11.0 Å². The lowest BCUT2D eigenvalue weighted by atomic mass is 10.3. The van der Waals surface area contributed by atoms with E-state index >= 15 is 0 Å². The zero-order valence-electron chi connectivity index (χ0n) is 7.98. The zero-order chi connectivity index (χ0) is 10.1. The number of nitrogens with zero attached hydrogens (tertiary/aromatic N) is 1. The molecule has 0 aromatic carbocycles. The standard InChI is InChI=1S/C9H11ClN2O2.ClH/c10-8-2-1-7(14-8)9(13)12-4-3-6(11)5-12;/h1-2,6H,3-5,11H2;1H. The number of carbonyl (C=O) groups is 1. The van der Waals surface area contributed by atoms with Crippen LogP contribution in [0.1, 0.15) is 17.0 Å². The van der Waals surface area contributed by atoms with Crippen molar-refractivity contribution < 1.29 is 9.21 Å². The third-order valence-corrected chi connectivity index (χ3v) is 2.50. The Bertz CT molecular complexity index is 354. The van der Waals surface area contributed by atoms with Gasteiger partial charge in [0, 0.05) is 19.1 Å². The predicted molar refractivity (Wildman–Crippen MR) is 59.5 cm³/mol. The van der Waals surface area contributed by atoms with Crippen LogP contribution in [0.25, 0.3) is 0 Å². The Hall–Kier alpha value is -0.710. The minimum absolute atomic E-state index is 0. The van der Waals surface area contributed by atoms with Gasteiger partial charge in [0.25, 0.3) is 5.91 Å². The van der Waals surface area contributed by atoms with Gasteiger partial charge >= 0.3 is 0 Å². The topological polar surface area (TPSA) is 59.5 Å². The van der Waals surface area contributed by atoms with Crippen molar-refractivity contribution in [2.75, 3.05) is 13.1 Å². The Morgan fingerprint density at radius 2 is 2.33 bits per heavy atom. The quantitative estimate of drug-likeness (QED) is 0.823. The number of furan rings is 1. The monoisotopic (exact) mass is 250 g/mol. The van der Waals surface area contributed by atoms with E-state index in [2.05, 4.69) is 0 Å². The summed E-state index contributed by atoms with van der Waals surface area (Å²) in [6, 6.07) is 3.23. The van der Waals surface area contributed by atoms with Crippen LogP contribution in [-0.2, 0) is 0 Å². The molecule has 0 radical (unpaired) electrons. The van der Waals surface area contributed by atoms with E-state index in [0.717, 1.165) is 6.42 Å². The third kappa shape index (κ3) is 2.65. The summed E-state index contributed by atoms with van der Waals surface area (Å²) in [5, 5.41) is 0.233. The Kier molecular flexibility index (Phi) is 4.02. The molecule has 4 nitrogen and oxygen atoms in total. The molecule has 1 fully saturated rings. The maximum absolute atomic E-state index is 11.7. The van der Waals surface area contributed by atoms with Gasteiger partial charge in [-0.25, -0.2) is 0 Å². The summed E-state index contributed by atoms with van der Waals surface area (Å²) in [7, 11) is 0. The highest BCUT2D eigenvalue weighted by atomic mass is 35.5. The second-order valence-electron chi connectivity index (χ2n) is 3.40. The summed E-state index contributed by atoms with van der Waals surface area (Å²) in [5.74, 6) is 0.147. The molecular weight excluding hydrogens is 239 g/mol. The fourth-order valence-electron chi connectivity index (χ4n) is 1.56. The summed E-state index contributed by atoms with van der Waals surface area (Å²) in [4.78, 5) is 13.4. The third-order valence-electron chi connectivity index (χ3n) is 2.30. The highest BCUT2D eigenvalue weighted by molar-refractivity contribution is 6.29. The number of amides is 1. The Morgan fingerprint density at radius 3 is 2.80 bits per heavy atom. The second kappa shape index (κ2) is 4.88. The molecule has 6 heteroatoms. The van der Waals surface area contributed by atoms with Crippen LogP contribution in [-0.4, -0.2) is 29.9 Å². The first-order valence-corrected chi connectivity index (χ1v) is 4.85. The van der Waals surface area contributed by atoms with Crippen molar-refractivity contribution in [1.29, 1.82) is 0 Å². The number of hydrogen-bond acceptors (Lipinski definition) is 3. The average molecular weight is 251 g/mol. The van der Waals surface area contributed by atoms with Crippen LogP contribution in [0.2, 0.25) is 5.22 Å². The van der Waals surface area contributed by atoms with Crippen molar-refractivity contribution in [3.05, 3.63) is 23.1 Å². The first-order chi connectivity index (χ1) is 6.66. The highest BCUT2D eigenvalue weighted by Crippen LogP contribution is 2.17. The molecule has 1 aromatic rings. The molecule has 0 aliphatic carbocycles. The second-order valence-corrected chi connectivity index (χ2v) is 3.78. The molecule has 2 rings (SSSR count). The summed E-state index contributed by atoms with van der Waals surface area (Å²) >= 11 is 5.58. The lowest BCUT2D eigenvalue weighted by Gasteiger charge is -2.13. The van der Waals surface area contributed by atoms with Crippen LogP contribution in [0.3, 0.4) is 0 Å². The maximum Gasteiger partial charge on any atom is 0.289 e. The molecule has 84 valence electrons. The van der Waals surface area contributed by atoms with Crippen molar-refractivity contribution >= 4 is 29.9 Å². The van der Waals surface area contributed by atoms with E-state index in [0.29, 0.717) is 13.1 Å². The van der Waals surface area contributed by atoms with Crippen molar-refractivity contribution in [2.24, 2.45) is 5.73 Å². The molecule has 0 saturated carbocycles. The lowest BCUT2D eigenvalue weighted by molar-refractivity contribution is 0.0759. The molecule has 15 heavy (non-hydrogen) atoms.